The first-order valence-electron chi connectivity index (χ1n) is 8.61. The largest absolute Gasteiger partial charge is 0.308 e. The minimum atomic E-state index is 0.00703. The third-order valence-corrected chi connectivity index (χ3v) is 4.56. The monoisotopic (exact) mass is 351 g/mol. The van der Waals surface area contributed by atoms with Crippen LogP contribution < -0.4 is 4.90 Å². The molecule has 3 aromatic rings. The fourth-order valence-corrected chi connectivity index (χ4v) is 2.95. The molecule has 0 radical (unpaired) electrons. The molecule has 25 heavy (non-hydrogen) atoms. The molecule has 128 valence electrons. The zero-order valence-corrected chi connectivity index (χ0v) is 15.3. The molecule has 0 unspecified atom stereocenters. The van der Waals surface area contributed by atoms with Gasteiger partial charge in [0.25, 0.3) is 5.91 Å². The number of carbonyl (C=O) groups is 1. The second kappa shape index (κ2) is 7.71. The Bertz CT molecular complexity index is 871. The van der Waals surface area contributed by atoms with E-state index in [0.717, 1.165) is 17.5 Å². The van der Waals surface area contributed by atoms with Gasteiger partial charge >= 0.3 is 0 Å². The molecule has 0 aliphatic rings. The number of hydrogen-bond acceptors (Lipinski definition) is 1. The van der Waals surface area contributed by atoms with Crippen molar-refractivity contribution in [1.82, 2.24) is 0 Å². The van der Waals surface area contributed by atoms with Gasteiger partial charge in [-0.05, 0) is 59.5 Å². The summed E-state index contributed by atoms with van der Waals surface area (Å²) in [5, 5.41) is 2.95. The lowest BCUT2D eigenvalue weighted by molar-refractivity contribution is 0.0986. The van der Waals surface area contributed by atoms with Crippen molar-refractivity contribution in [2.45, 2.75) is 20.3 Å². The van der Waals surface area contributed by atoms with Crippen molar-refractivity contribution in [1.29, 1.82) is 0 Å². The highest BCUT2D eigenvalue weighted by molar-refractivity contribution is 6.30. The predicted octanol–water partition coefficient (Wildman–Crippen LogP) is 6.19. The van der Waals surface area contributed by atoms with Gasteiger partial charge in [0.2, 0.25) is 0 Å². The summed E-state index contributed by atoms with van der Waals surface area (Å²) in [5.74, 6) is 0.536. The molecule has 3 heteroatoms. The average molecular weight is 352 g/mol. The lowest BCUT2D eigenvalue weighted by Gasteiger charge is -2.24. The van der Waals surface area contributed by atoms with Gasteiger partial charge < -0.3 is 4.90 Å². The number of halogens is 1. The Balaban J connectivity index is 1.97. The highest BCUT2D eigenvalue weighted by Crippen LogP contribution is 2.25. The van der Waals surface area contributed by atoms with Gasteiger partial charge in [-0.2, -0.15) is 0 Å². The van der Waals surface area contributed by atoms with Crippen LogP contribution in [-0.4, -0.2) is 12.5 Å². The Hall–Kier alpha value is -2.32. The molecule has 0 aromatic heterocycles. The van der Waals surface area contributed by atoms with E-state index in [-0.39, 0.29) is 5.91 Å². The number of rotatable bonds is 5. The van der Waals surface area contributed by atoms with Gasteiger partial charge in [0.1, 0.15) is 0 Å². The molecular weight excluding hydrogens is 330 g/mol. The van der Waals surface area contributed by atoms with Crippen molar-refractivity contribution in [3.63, 3.8) is 0 Å². The Morgan fingerprint density at radius 1 is 0.960 bits per heavy atom. The second-order valence-corrected chi connectivity index (χ2v) is 7.11. The van der Waals surface area contributed by atoms with Crippen LogP contribution in [0.4, 0.5) is 5.69 Å². The van der Waals surface area contributed by atoms with Crippen molar-refractivity contribution in [2.24, 2.45) is 5.92 Å². The van der Waals surface area contributed by atoms with E-state index in [4.69, 9.17) is 11.6 Å². The maximum absolute atomic E-state index is 13.1. The van der Waals surface area contributed by atoms with Crippen LogP contribution in [0, 0.1) is 5.92 Å². The summed E-state index contributed by atoms with van der Waals surface area (Å²) in [4.78, 5) is 15.0. The quantitative estimate of drug-likeness (QED) is 0.537. The molecule has 0 atom stereocenters. The van der Waals surface area contributed by atoms with E-state index in [1.54, 1.807) is 24.3 Å². The van der Waals surface area contributed by atoms with E-state index in [2.05, 4.69) is 38.1 Å². The number of anilines is 1. The minimum Gasteiger partial charge on any atom is -0.308 e. The van der Waals surface area contributed by atoms with Crippen LogP contribution in [0.2, 0.25) is 5.02 Å². The van der Waals surface area contributed by atoms with E-state index in [0.29, 0.717) is 23.0 Å². The molecule has 3 rings (SSSR count). The fraction of sp³-hybridized carbons (Fsp3) is 0.227. The van der Waals surface area contributed by atoms with Crippen LogP contribution in [-0.2, 0) is 0 Å². The van der Waals surface area contributed by atoms with Gasteiger partial charge in [-0.15, -0.1) is 0 Å². The Morgan fingerprint density at radius 3 is 2.32 bits per heavy atom. The molecule has 0 spiro atoms. The summed E-state index contributed by atoms with van der Waals surface area (Å²) in [6, 6.07) is 21.5. The number of hydrogen-bond donors (Lipinski definition) is 0. The van der Waals surface area contributed by atoms with E-state index in [1.807, 2.05) is 23.1 Å². The number of amides is 1. The van der Waals surface area contributed by atoms with Crippen molar-refractivity contribution in [2.75, 3.05) is 11.4 Å². The first-order chi connectivity index (χ1) is 12.0. The lowest BCUT2D eigenvalue weighted by Crippen LogP contribution is -2.32. The number of carbonyl (C=O) groups excluding carboxylic acids is 1. The maximum atomic E-state index is 13.1. The van der Waals surface area contributed by atoms with Gasteiger partial charge in [0.05, 0.1) is 0 Å². The molecule has 0 fully saturated rings. The molecule has 0 saturated carbocycles. The van der Waals surface area contributed by atoms with Crippen LogP contribution in [0.3, 0.4) is 0 Å². The average Bonchev–Trinajstić information content (AvgIpc) is 2.62. The van der Waals surface area contributed by atoms with Crippen LogP contribution in [0.5, 0.6) is 0 Å². The van der Waals surface area contributed by atoms with E-state index in [9.17, 15) is 4.79 Å². The Morgan fingerprint density at radius 2 is 1.64 bits per heavy atom. The van der Waals surface area contributed by atoms with E-state index in [1.165, 1.54) is 5.39 Å². The van der Waals surface area contributed by atoms with Crippen molar-refractivity contribution >= 4 is 34.0 Å². The molecule has 0 aliphatic heterocycles. The summed E-state index contributed by atoms with van der Waals surface area (Å²) in [6.45, 7) is 5.04. The summed E-state index contributed by atoms with van der Waals surface area (Å²) in [6.07, 6.45) is 0.951. The molecule has 3 aromatic carbocycles. The molecule has 0 bridgehead atoms. The van der Waals surface area contributed by atoms with Crippen molar-refractivity contribution in [3.05, 3.63) is 77.3 Å². The van der Waals surface area contributed by atoms with Crippen molar-refractivity contribution < 1.29 is 4.79 Å². The van der Waals surface area contributed by atoms with E-state index >= 15 is 0 Å². The number of benzene rings is 3. The topological polar surface area (TPSA) is 20.3 Å². The zero-order valence-electron chi connectivity index (χ0n) is 14.6. The molecule has 0 heterocycles. The Kier molecular flexibility index (Phi) is 5.40. The summed E-state index contributed by atoms with van der Waals surface area (Å²) in [5.41, 5.74) is 1.58. The molecule has 2 nitrogen and oxygen atoms in total. The van der Waals surface area contributed by atoms with Gasteiger partial charge in [0.15, 0.2) is 0 Å². The van der Waals surface area contributed by atoms with Crippen LogP contribution in [0.1, 0.15) is 30.6 Å². The molecular formula is C22H22ClNO. The zero-order chi connectivity index (χ0) is 17.8. The number of fused-ring (bicyclic) bond motifs is 1. The lowest BCUT2D eigenvalue weighted by atomic mass is 10.1. The van der Waals surface area contributed by atoms with Crippen LogP contribution in [0.25, 0.3) is 10.8 Å². The van der Waals surface area contributed by atoms with Gasteiger partial charge in [-0.25, -0.2) is 0 Å². The van der Waals surface area contributed by atoms with Crippen molar-refractivity contribution in [3.8, 4) is 0 Å². The van der Waals surface area contributed by atoms with Gasteiger partial charge in [0, 0.05) is 22.8 Å². The second-order valence-electron chi connectivity index (χ2n) is 6.68. The third-order valence-electron chi connectivity index (χ3n) is 4.31. The first kappa shape index (κ1) is 17.5. The SMILES string of the molecule is CC(C)CCN(C(=O)c1ccc(Cl)cc1)c1ccc2ccccc2c1. The number of nitrogens with zero attached hydrogens (tertiary/aromatic N) is 1. The third kappa shape index (κ3) is 4.21. The minimum absolute atomic E-state index is 0.00703. The highest BCUT2D eigenvalue weighted by atomic mass is 35.5. The predicted molar refractivity (Wildman–Crippen MR) is 107 cm³/mol. The standard InChI is InChI=1S/C22H22ClNO/c1-16(2)13-14-24(22(25)18-7-10-20(23)11-8-18)21-12-9-17-5-3-4-6-19(17)15-21/h3-12,15-16H,13-14H2,1-2H3. The Labute approximate surface area is 154 Å². The fourth-order valence-electron chi connectivity index (χ4n) is 2.83. The summed E-state index contributed by atoms with van der Waals surface area (Å²) < 4.78 is 0. The first-order valence-corrected chi connectivity index (χ1v) is 8.98. The van der Waals surface area contributed by atoms with Gasteiger partial charge in [-0.1, -0.05) is 55.8 Å². The highest BCUT2D eigenvalue weighted by Gasteiger charge is 2.18. The molecule has 1 amide bonds. The van der Waals surface area contributed by atoms with Gasteiger partial charge in [-0.3, -0.25) is 4.79 Å². The molecule has 0 saturated heterocycles. The smallest absolute Gasteiger partial charge is 0.258 e. The molecule has 0 aliphatic carbocycles. The summed E-state index contributed by atoms with van der Waals surface area (Å²) >= 11 is 5.96. The molecule has 0 N–H and O–H groups in total. The van der Waals surface area contributed by atoms with E-state index < -0.39 is 0 Å². The van der Waals surface area contributed by atoms with Crippen LogP contribution >= 0.6 is 11.6 Å². The maximum Gasteiger partial charge on any atom is 0.258 e. The normalized spacial score (nSPS) is 11.0. The van der Waals surface area contributed by atoms with Crippen LogP contribution in [0.15, 0.2) is 66.7 Å². The summed E-state index contributed by atoms with van der Waals surface area (Å²) in [7, 11) is 0.